The van der Waals surface area contributed by atoms with E-state index in [4.69, 9.17) is 0 Å². The number of nitrogens with zero attached hydrogens (tertiary/aromatic N) is 1. The highest BCUT2D eigenvalue weighted by Crippen LogP contribution is 2.33. The van der Waals surface area contributed by atoms with Crippen LogP contribution in [0.1, 0.15) is 5.56 Å². The van der Waals surface area contributed by atoms with Gasteiger partial charge in [0.05, 0.1) is 11.3 Å². The second-order valence-electron chi connectivity index (χ2n) is 4.63. The molecule has 2 amide bonds. The molecule has 0 saturated heterocycles. The van der Waals surface area contributed by atoms with Gasteiger partial charge in [-0.2, -0.15) is 0 Å². The average Bonchev–Trinajstić information content (AvgIpc) is 2.71. The predicted molar refractivity (Wildman–Crippen MR) is 74.8 cm³/mol. The first-order valence-corrected chi connectivity index (χ1v) is 6.33. The van der Waals surface area contributed by atoms with Gasteiger partial charge in [0.1, 0.15) is 11.6 Å². The van der Waals surface area contributed by atoms with Crippen molar-refractivity contribution >= 4 is 23.1 Å². The van der Waals surface area contributed by atoms with Crippen molar-refractivity contribution in [1.82, 2.24) is 0 Å². The Morgan fingerprint density at radius 1 is 0.909 bits per heavy atom. The number of hydrogen-bond acceptors (Lipinski definition) is 3. The fraction of sp³-hybridized carbons (Fsp3) is 0. The van der Waals surface area contributed by atoms with E-state index in [2.05, 4.69) is 0 Å². The van der Waals surface area contributed by atoms with E-state index >= 15 is 0 Å². The van der Waals surface area contributed by atoms with Crippen LogP contribution in [0.4, 0.5) is 14.5 Å². The minimum absolute atomic E-state index is 0.214. The SMILES string of the molecule is O=C1C(O)=C(c2ccccc2)C(=O)N1c1ccc(F)cc1F. The monoisotopic (exact) mass is 301 g/mol. The molecule has 4 nitrogen and oxygen atoms in total. The largest absolute Gasteiger partial charge is 0.502 e. The molecule has 22 heavy (non-hydrogen) atoms. The van der Waals surface area contributed by atoms with Crippen molar-refractivity contribution in [3.63, 3.8) is 0 Å². The first-order valence-electron chi connectivity index (χ1n) is 6.33. The summed E-state index contributed by atoms with van der Waals surface area (Å²) in [6, 6.07) is 10.5. The van der Waals surface area contributed by atoms with Crippen molar-refractivity contribution < 1.29 is 23.5 Å². The van der Waals surface area contributed by atoms with E-state index in [1.54, 1.807) is 30.3 Å². The van der Waals surface area contributed by atoms with Crippen LogP contribution in [0, 0.1) is 11.6 Å². The predicted octanol–water partition coefficient (Wildman–Crippen LogP) is 2.81. The molecule has 0 fully saturated rings. The molecule has 0 aromatic heterocycles. The highest BCUT2D eigenvalue weighted by atomic mass is 19.1. The van der Waals surface area contributed by atoms with Crippen LogP contribution in [0.5, 0.6) is 0 Å². The van der Waals surface area contributed by atoms with Crippen LogP contribution in [0.25, 0.3) is 5.57 Å². The highest BCUT2D eigenvalue weighted by molar-refractivity contribution is 6.44. The van der Waals surface area contributed by atoms with Crippen LogP contribution < -0.4 is 4.90 Å². The van der Waals surface area contributed by atoms with E-state index in [1.807, 2.05) is 0 Å². The molecule has 0 saturated carbocycles. The van der Waals surface area contributed by atoms with Gasteiger partial charge in [-0.1, -0.05) is 30.3 Å². The second-order valence-corrected chi connectivity index (χ2v) is 4.63. The van der Waals surface area contributed by atoms with E-state index in [1.165, 1.54) is 0 Å². The van der Waals surface area contributed by atoms with Crippen molar-refractivity contribution in [1.29, 1.82) is 0 Å². The van der Waals surface area contributed by atoms with Crippen molar-refractivity contribution in [2.75, 3.05) is 4.90 Å². The zero-order valence-electron chi connectivity index (χ0n) is 11.1. The van der Waals surface area contributed by atoms with Crippen LogP contribution in [0.3, 0.4) is 0 Å². The first-order chi connectivity index (χ1) is 10.5. The third kappa shape index (κ3) is 2.05. The summed E-state index contributed by atoms with van der Waals surface area (Å²) in [7, 11) is 0. The molecule has 1 heterocycles. The molecule has 0 unspecified atom stereocenters. The van der Waals surface area contributed by atoms with Gasteiger partial charge in [-0.15, -0.1) is 0 Å². The molecule has 110 valence electrons. The molecular formula is C16H9F2NO3. The Bertz CT molecular complexity index is 815. The number of carbonyl (C=O) groups is 2. The van der Waals surface area contributed by atoms with Gasteiger partial charge in [-0.3, -0.25) is 9.59 Å². The number of aliphatic hydroxyl groups is 1. The maximum atomic E-state index is 13.8. The summed E-state index contributed by atoms with van der Waals surface area (Å²) in [6.07, 6.45) is 0. The number of anilines is 1. The third-order valence-corrected chi connectivity index (χ3v) is 3.27. The molecule has 3 rings (SSSR count). The van der Waals surface area contributed by atoms with Crippen molar-refractivity contribution in [2.45, 2.75) is 0 Å². The molecule has 0 radical (unpaired) electrons. The molecule has 0 bridgehead atoms. The molecule has 1 aliphatic rings. The number of benzene rings is 2. The zero-order chi connectivity index (χ0) is 15.9. The van der Waals surface area contributed by atoms with E-state index in [-0.39, 0.29) is 5.57 Å². The summed E-state index contributed by atoms with van der Waals surface area (Å²) in [5, 5.41) is 9.93. The van der Waals surface area contributed by atoms with Crippen molar-refractivity contribution in [3.05, 3.63) is 71.5 Å². The highest BCUT2D eigenvalue weighted by Gasteiger charge is 2.41. The number of aliphatic hydroxyl groups excluding tert-OH is 1. The topological polar surface area (TPSA) is 57.6 Å². The van der Waals surface area contributed by atoms with Crippen LogP contribution >= 0.6 is 0 Å². The van der Waals surface area contributed by atoms with Gasteiger partial charge < -0.3 is 5.11 Å². The zero-order valence-corrected chi connectivity index (χ0v) is 11.1. The lowest BCUT2D eigenvalue weighted by Crippen LogP contribution is -2.32. The summed E-state index contributed by atoms with van der Waals surface area (Å²) >= 11 is 0. The Kier molecular flexibility index (Phi) is 3.21. The molecule has 0 spiro atoms. The van der Waals surface area contributed by atoms with Crippen molar-refractivity contribution in [2.24, 2.45) is 0 Å². The summed E-state index contributed by atoms with van der Waals surface area (Å²) in [5.74, 6) is -4.57. The molecule has 2 aromatic rings. The maximum absolute atomic E-state index is 13.8. The smallest absolute Gasteiger partial charge is 0.301 e. The van der Waals surface area contributed by atoms with Gasteiger partial charge in [0.2, 0.25) is 0 Å². The molecular weight excluding hydrogens is 292 g/mol. The van der Waals surface area contributed by atoms with Gasteiger partial charge in [0.25, 0.3) is 5.91 Å². The van der Waals surface area contributed by atoms with Crippen LogP contribution in [-0.4, -0.2) is 16.9 Å². The lowest BCUT2D eigenvalue weighted by atomic mass is 10.1. The number of imide groups is 1. The minimum Gasteiger partial charge on any atom is -0.502 e. The maximum Gasteiger partial charge on any atom is 0.301 e. The Morgan fingerprint density at radius 2 is 1.59 bits per heavy atom. The fourth-order valence-corrected chi connectivity index (χ4v) is 2.26. The summed E-state index contributed by atoms with van der Waals surface area (Å²) in [5.41, 5.74) is -0.286. The van der Waals surface area contributed by atoms with E-state index < -0.39 is 34.9 Å². The van der Waals surface area contributed by atoms with Crippen molar-refractivity contribution in [3.8, 4) is 0 Å². The van der Waals surface area contributed by atoms with E-state index in [0.29, 0.717) is 16.5 Å². The Balaban J connectivity index is 2.08. The lowest BCUT2D eigenvalue weighted by molar-refractivity contribution is -0.121. The number of amides is 2. The number of hydrogen-bond donors (Lipinski definition) is 1. The Morgan fingerprint density at radius 3 is 2.23 bits per heavy atom. The molecule has 6 heteroatoms. The Hall–Kier alpha value is -3.02. The van der Waals surface area contributed by atoms with Gasteiger partial charge in [0.15, 0.2) is 5.76 Å². The van der Waals surface area contributed by atoms with Gasteiger partial charge in [-0.05, 0) is 17.7 Å². The van der Waals surface area contributed by atoms with Crippen LogP contribution in [0.15, 0.2) is 54.3 Å². The lowest BCUT2D eigenvalue weighted by Gasteiger charge is -2.15. The minimum atomic E-state index is -1.07. The number of carbonyl (C=O) groups excluding carboxylic acids is 2. The second kappa shape index (κ2) is 5.07. The Labute approximate surface area is 123 Å². The standard InChI is InChI=1S/C16H9F2NO3/c17-10-6-7-12(11(18)8-10)19-15(21)13(14(20)16(19)22)9-4-2-1-3-5-9/h1-8,20H. The first kappa shape index (κ1) is 13.9. The normalized spacial score (nSPS) is 14.9. The number of rotatable bonds is 2. The molecule has 1 N–H and O–H groups in total. The quantitative estimate of drug-likeness (QED) is 0.868. The van der Waals surface area contributed by atoms with Gasteiger partial charge in [-0.25, -0.2) is 13.7 Å². The summed E-state index contributed by atoms with van der Waals surface area (Å²) in [4.78, 5) is 25.0. The van der Waals surface area contributed by atoms with E-state index in [0.717, 1.165) is 12.1 Å². The third-order valence-electron chi connectivity index (χ3n) is 3.27. The number of halogens is 2. The molecule has 0 atom stereocenters. The van der Waals surface area contributed by atoms with Gasteiger partial charge >= 0.3 is 5.91 Å². The van der Waals surface area contributed by atoms with Crippen LogP contribution in [-0.2, 0) is 9.59 Å². The van der Waals surface area contributed by atoms with Gasteiger partial charge in [0, 0.05) is 6.07 Å². The summed E-state index contributed by atoms with van der Waals surface area (Å²) in [6.45, 7) is 0. The average molecular weight is 301 g/mol. The molecule has 1 aliphatic heterocycles. The van der Waals surface area contributed by atoms with E-state index in [9.17, 15) is 23.5 Å². The van der Waals surface area contributed by atoms with Crippen LogP contribution in [0.2, 0.25) is 0 Å². The fourth-order valence-electron chi connectivity index (χ4n) is 2.26. The molecule has 0 aliphatic carbocycles. The summed E-state index contributed by atoms with van der Waals surface area (Å²) < 4.78 is 26.8. The molecule has 2 aromatic carbocycles.